The fraction of sp³-hybridized carbons (Fsp3) is 0.360. The first-order chi connectivity index (χ1) is 15.5. The van der Waals surface area contributed by atoms with E-state index in [0.717, 1.165) is 6.29 Å². The van der Waals surface area contributed by atoms with Crippen LogP contribution in [0.3, 0.4) is 0 Å². The number of aromatic carboxylic acids is 2. The zero-order valence-electron chi connectivity index (χ0n) is 18.8. The highest BCUT2D eigenvalue weighted by Crippen LogP contribution is 2.41. The van der Waals surface area contributed by atoms with Crippen LogP contribution in [-0.4, -0.2) is 46.7 Å². The number of carboxylic acids is 2. The second-order valence-corrected chi connectivity index (χ2v) is 9.12. The zero-order valence-corrected chi connectivity index (χ0v) is 18.8. The van der Waals surface area contributed by atoms with Crippen molar-refractivity contribution in [3.63, 3.8) is 0 Å². The van der Waals surface area contributed by atoms with E-state index in [-0.39, 0.29) is 24.1 Å². The summed E-state index contributed by atoms with van der Waals surface area (Å²) < 4.78 is 5.27. The van der Waals surface area contributed by atoms with Crippen molar-refractivity contribution in [3.8, 4) is 0 Å². The van der Waals surface area contributed by atoms with Crippen molar-refractivity contribution in [1.82, 2.24) is 5.32 Å². The molecule has 0 fully saturated rings. The number of alkyl carbamates (subject to hydrolysis) is 1. The molecule has 1 aliphatic rings. The topological polar surface area (TPSA) is 130 Å². The molecule has 8 heteroatoms. The van der Waals surface area contributed by atoms with Gasteiger partial charge < -0.3 is 25.1 Å². The Morgan fingerprint density at radius 1 is 0.970 bits per heavy atom. The van der Waals surface area contributed by atoms with Gasteiger partial charge in [-0.25, -0.2) is 14.4 Å². The molecule has 0 unspecified atom stereocenters. The Kier molecular flexibility index (Phi) is 6.58. The zero-order chi connectivity index (χ0) is 24.4. The van der Waals surface area contributed by atoms with Crippen molar-refractivity contribution in [2.45, 2.75) is 51.0 Å². The molecular formula is C25H27NO7. The number of amides is 1. The van der Waals surface area contributed by atoms with E-state index < -0.39 is 29.0 Å². The Labute approximate surface area is 191 Å². The van der Waals surface area contributed by atoms with Crippen molar-refractivity contribution in [2.24, 2.45) is 0 Å². The average Bonchev–Trinajstić information content (AvgIpc) is 2.86. The number of carbonyl (C=O) groups is 4. The monoisotopic (exact) mass is 453 g/mol. The lowest BCUT2D eigenvalue weighted by Gasteiger charge is -2.31. The van der Waals surface area contributed by atoms with Gasteiger partial charge in [-0.2, -0.15) is 0 Å². The molecule has 1 amide bonds. The number of aldehydes is 1. The summed E-state index contributed by atoms with van der Waals surface area (Å²) >= 11 is 0. The van der Waals surface area contributed by atoms with Gasteiger partial charge in [0.1, 0.15) is 11.9 Å². The molecule has 174 valence electrons. The minimum atomic E-state index is -1.19. The van der Waals surface area contributed by atoms with E-state index in [1.54, 1.807) is 45.0 Å². The number of benzene rings is 2. The molecular weight excluding hydrogens is 426 g/mol. The maximum absolute atomic E-state index is 12.7. The van der Waals surface area contributed by atoms with E-state index in [2.05, 4.69) is 5.32 Å². The van der Waals surface area contributed by atoms with E-state index in [9.17, 15) is 29.4 Å². The van der Waals surface area contributed by atoms with Gasteiger partial charge >= 0.3 is 18.0 Å². The highest BCUT2D eigenvalue weighted by atomic mass is 16.6. The molecule has 0 heterocycles. The Bertz CT molecular complexity index is 1050. The van der Waals surface area contributed by atoms with Crippen LogP contribution in [0, 0.1) is 0 Å². The average molecular weight is 453 g/mol. The first-order valence-corrected chi connectivity index (χ1v) is 10.6. The van der Waals surface area contributed by atoms with E-state index in [0.29, 0.717) is 35.1 Å². The molecule has 0 saturated heterocycles. The summed E-state index contributed by atoms with van der Waals surface area (Å²) in [6, 6.07) is 9.30. The minimum Gasteiger partial charge on any atom is -0.478 e. The van der Waals surface area contributed by atoms with Crippen molar-refractivity contribution in [3.05, 3.63) is 69.8 Å². The van der Waals surface area contributed by atoms with E-state index in [1.807, 2.05) is 0 Å². The second kappa shape index (κ2) is 9.05. The third-order valence-corrected chi connectivity index (χ3v) is 5.72. The molecule has 2 aromatic carbocycles. The highest BCUT2D eigenvalue weighted by molar-refractivity contribution is 5.90. The largest absolute Gasteiger partial charge is 0.478 e. The molecule has 3 rings (SSSR count). The van der Waals surface area contributed by atoms with Crippen LogP contribution in [0.2, 0.25) is 0 Å². The van der Waals surface area contributed by atoms with Gasteiger partial charge in [-0.1, -0.05) is 12.1 Å². The van der Waals surface area contributed by atoms with Crippen LogP contribution in [-0.2, 0) is 27.8 Å². The molecule has 0 spiro atoms. The van der Waals surface area contributed by atoms with Crippen molar-refractivity contribution in [2.75, 3.05) is 6.54 Å². The summed E-state index contributed by atoms with van der Waals surface area (Å²) in [4.78, 5) is 47.9. The molecule has 2 aromatic rings. The lowest BCUT2D eigenvalue weighted by atomic mass is 9.71. The summed E-state index contributed by atoms with van der Waals surface area (Å²) in [5.74, 6) is -2.15. The Balaban J connectivity index is 2.07. The number of rotatable bonds is 6. The number of fused-ring (bicyclic) bond motifs is 2. The Morgan fingerprint density at radius 3 is 1.85 bits per heavy atom. The maximum Gasteiger partial charge on any atom is 0.407 e. The predicted octanol–water partition coefficient (Wildman–Crippen LogP) is 3.58. The lowest BCUT2D eigenvalue weighted by Crippen LogP contribution is -2.38. The summed E-state index contributed by atoms with van der Waals surface area (Å²) in [5, 5.41) is 21.5. The van der Waals surface area contributed by atoms with Crippen LogP contribution < -0.4 is 5.32 Å². The molecule has 1 aliphatic carbocycles. The molecule has 0 radical (unpaired) electrons. The van der Waals surface area contributed by atoms with Crippen LogP contribution in [0.15, 0.2) is 36.4 Å². The summed E-state index contributed by atoms with van der Waals surface area (Å²) in [7, 11) is 0. The van der Waals surface area contributed by atoms with E-state index in [4.69, 9.17) is 4.74 Å². The molecule has 0 saturated carbocycles. The number of hydrogen-bond donors (Lipinski definition) is 3. The molecule has 8 nitrogen and oxygen atoms in total. The molecule has 0 bridgehead atoms. The van der Waals surface area contributed by atoms with E-state index >= 15 is 0 Å². The molecule has 33 heavy (non-hydrogen) atoms. The first-order valence-electron chi connectivity index (χ1n) is 10.6. The van der Waals surface area contributed by atoms with Gasteiger partial charge in [0, 0.05) is 6.54 Å². The Hall–Kier alpha value is -3.68. The first kappa shape index (κ1) is 24.0. The number of hydrogen-bond acceptors (Lipinski definition) is 5. The second-order valence-electron chi connectivity index (χ2n) is 9.12. The maximum atomic E-state index is 12.7. The standard InChI is InChI=1S/C25H27NO7/c1-24(2,3)33-23(32)26-11-10-25(14-27)19-8-6-17(21(28)29)12-15(19)4-5-16-13-18(22(30)31)7-9-20(16)25/h6-9,12-14H,4-5,10-11H2,1-3H3,(H,26,32)(H,28,29)(H,30,31). The van der Waals surface area contributed by atoms with Gasteiger partial charge in [-0.3, -0.25) is 0 Å². The van der Waals surface area contributed by atoms with Crippen LogP contribution in [0.5, 0.6) is 0 Å². The van der Waals surface area contributed by atoms with Crippen LogP contribution in [0.4, 0.5) is 4.79 Å². The van der Waals surface area contributed by atoms with Gasteiger partial charge in [0.2, 0.25) is 0 Å². The number of aryl methyl sites for hydroxylation is 2. The molecule has 0 atom stereocenters. The van der Waals surface area contributed by atoms with Crippen molar-refractivity contribution >= 4 is 24.3 Å². The summed E-state index contributed by atoms with van der Waals surface area (Å²) in [6.45, 7) is 5.36. The Morgan fingerprint density at radius 2 is 1.45 bits per heavy atom. The van der Waals surface area contributed by atoms with Gasteiger partial charge in [0.05, 0.1) is 16.5 Å². The summed E-state index contributed by atoms with van der Waals surface area (Å²) in [6.07, 6.45) is 1.27. The number of ether oxygens (including phenoxy) is 1. The fourth-order valence-electron chi connectivity index (χ4n) is 4.28. The lowest BCUT2D eigenvalue weighted by molar-refractivity contribution is -0.111. The predicted molar refractivity (Wildman–Crippen MR) is 120 cm³/mol. The normalized spacial score (nSPS) is 14.3. The number of carbonyl (C=O) groups excluding carboxylic acids is 2. The van der Waals surface area contributed by atoms with Gasteiger partial charge in [-0.05, 0) is 86.6 Å². The molecule has 0 aliphatic heterocycles. The third-order valence-electron chi connectivity index (χ3n) is 5.72. The fourth-order valence-corrected chi connectivity index (χ4v) is 4.28. The van der Waals surface area contributed by atoms with Crippen molar-refractivity contribution < 1.29 is 34.1 Å². The molecule has 3 N–H and O–H groups in total. The van der Waals surface area contributed by atoms with Gasteiger partial charge in [0.15, 0.2) is 0 Å². The smallest absolute Gasteiger partial charge is 0.407 e. The molecule has 0 aromatic heterocycles. The number of carboxylic acid groups (broad SMARTS) is 2. The van der Waals surface area contributed by atoms with Crippen LogP contribution >= 0.6 is 0 Å². The van der Waals surface area contributed by atoms with Crippen LogP contribution in [0.25, 0.3) is 0 Å². The van der Waals surface area contributed by atoms with Crippen molar-refractivity contribution in [1.29, 1.82) is 0 Å². The van der Waals surface area contributed by atoms with Crippen LogP contribution in [0.1, 0.15) is 70.2 Å². The highest BCUT2D eigenvalue weighted by Gasteiger charge is 2.39. The van der Waals surface area contributed by atoms with E-state index in [1.165, 1.54) is 12.1 Å². The quantitative estimate of drug-likeness (QED) is 0.570. The van der Waals surface area contributed by atoms with Gasteiger partial charge in [-0.15, -0.1) is 0 Å². The number of nitrogens with one attached hydrogen (secondary N) is 1. The van der Waals surface area contributed by atoms with Gasteiger partial charge in [0.25, 0.3) is 0 Å². The minimum absolute atomic E-state index is 0.109. The third kappa shape index (κ3) is 5.05. The SMILES string of the molecule is CC(C)(C)OC(=O)NCCC1(C=O)c2ccc(C(=O)O)cc2CCc2cc(C(=O)O)ccc21. The summed E-state index contributed by atoms with van der Waals surface area (Å²) in [5.41, 5.74) is 1.05.